The first-order valence-electron chi connectivity index (χ1n) is 6.99. The summed E-state index contributed by atoms with van der Waals surface area (Å²) < 4.78 is 30.8. The standard InChI is InChI=1S/C14H17ClN2O5S/c1-8(13(18)17-9-3-4-9)22-14(19)11-7-10(5-6-12(11)15)23(20,21)16-2/h5-9,16H,3-4H2,1-2H3,(H,17,18)/t8-/m0/s1. The third-order valence-corrected chi connectivity index (χ3v) is 5.06. The van der Waals surface area contributed by atoms with E-state index >= 15 is 0 Å². The third kappa shape index (κ3) is 4.43. The van der Waals surface area contributed by atoms with Gasteiger partial charge < -0.3 is 10.1 Å². The highest BCUT2D eigenvalue weighted by Crippen LogP contribution is 2.22. The maximum absolute atomic E-state index is 12.1. The molecule has 1 aromatic carbocycles. The van der Waals surface area contributed by atoms with E-state index in [-0.39, 0.29) is 21.5 Å². The molecule has 1 aliphatic rings. The number of sulfonamides is 1. The van der Waals surface area contributed by atoms with Crippen LogP contribution in [-0.4, -0.2) is 39.5 Å². The molecule has 126 valence electrons. The van der Waals surface area contributed by atoms with Gasteiger partial charge in [0.1, 0.15) is 0 Å². The largest absolute Gasteiger partial charge is 0.449 e. The van der Waals surface area contributed by atoms with Crippen LogP contribution in [0.2, 0.25) is 5.02 Å². The highest BCUT2D eigenvalue weighted by Gasteiger charge is 2.28. The van der Waals surface area contributed by atoms with Crippen molar-refractivity contribution in [1.29, 1.82) is 0 Å². The number of rotatable bonds is 6. The summed E-state index contributed by atoms with van der Waals surface area (Å²) in [5, 5.41) is 2.76. The summed E-state index contributed by atoms with van der Waals surface area (Å²) in [7, 11) is -2.46. The molecule has 0 spiro atoms. The van der Waals surface area contributed by atoms with Crippen molar-refractivity contribution in [2.75, 3.05) is 7.05 Å². The van der Waals surface area contributed by atoms with Crippen LogP contribution in [0.4, 0.5) is 0 Å². The summed E-state index contributed by atoms with van der Waals surface area (Å²) in [6.07, 6.45) is 0.841. The molecule has 1 atom stereocenters. The van der Waals surface area contributed by atoms with Gasteiger partial charge in [-0.3, -0.25) is 4.79 Å². The molecular formula is C14H17ClN2O5S. The van der Waals surface area contributed by atoms with Crippen molar-refractivity contribution in [2.24, 2.45) is 0 Å². The highest BCUT2D eigenvalue weighted by atomic mass is 35.5. The number of halogens is 1. The van der Waals surface area contributed by atoms with E-state index in [0.29, 0.717) is 0 Å². The lowest BCUT2D eigenvalue weighted by Crippen LogP contribution is -2.37. The molecular weight excluding hydrogens is 344 g/mol. The first kappa shape index (κ1) is 17.7. The molecule has 0 heterocycles. The van der Waals surface area contributed by atoms with E-state index in [9.17, 15) is 18.0 Å². The normalized spacial score (nSPS) is 15.8. The molecule has 2 N–H and O–H groups in total. The molecule has 1 aliphatic carbocycles. The quantitative estimate of drug-likeness (QED) is 0.739. The summed E-state index contributed by atoms with van der Waals surface area (Å²) in [6, 6.07) is 3.82. The van der Waals surface area contributed by atoms with Gasteiger partial charge in [0, 0.05) is 6.04 Å². The lowest BCUT2D eigenvalue weighted by molar-refractivity contribution is -0.129. The number of amides is 1. The van der Waals surface area contributed by atoms with E-state index in [1.165, 1.54) is 26.1 Å². The van der Waals surface area contributed by atoms with E-state index in [2.05, 4.69) is 10.0 Å². The lowest BCUT2D eigenvalue weighted by atomic mass is 10.2. The van der Waals surface area contributed by atoms with E-state index < -0.39 is 28.0 Å². The molecule has 7 nitrogen and oxygen atoms in total. The molecule has 0 bridgehead atoms. The van der Waals surface area contributed by atoms with Crippen molar-refractivity contribution in [1.82, 2.24) is 10.0 Å². The van der Waals surface area contributed by atoms with Crippen molar-refractivity contribution >= 4 is 33.5 Å². The fraction of sp³-hybridized carbons (Fsp3) is 0.429. The Labute approximate surface area is 139 Å². The Morgan fingerprint density at radius 2 is 2.00 bits per heavy atom. The Morgan fingerprint density at radius 1 is 1.35 bits per heavy atom. The minimum Gasteiger partial charge on any atom is -0.449 e. The lowest BCUT2D eigenvalue weighted by Gasteiger charge is -2.14. The average Bonchev–Trinajstić information content (AvgIpc) is 3.31. The SMILES string of the molecule is CNS(=O)(=O)c1ccc(Cl)c(C(=O)O[C@@H](C)C(=O)NC2CC2)c1. The van der Waals surface area contributed by atoms with Gasteiger partial charge in [0.2, 0.25) is 10.0 Å². The van der Waals surface area contributed by atoms with Gasteiger partial charge in [-0.25, -0.2) is 17.9 Å². The van der Waals surface area contributed by atoms with E-state index in [4.69, 9.17) is 16.3 Å². The molecule has 0 saturated heterocycles. The van der Waals surface area contributed by atoms with Crippen LogP contribution in [0.15, 0.2) is 23.1 Å². The van der Waals surface area contributed by atoms with Gasteiger partial charge in [-0.05, 0) is 45.0 Å². The van der Waals surface area contributed by atoms with Crippen molar-refractivity contribution in [3.63, 3.8) is 0 Å². The fourth-order valence-electron chi connectivity index (χ4n) is 1.77. The molecule has 1 amide bonds. The Morgan fingerprint density at radius 3 is 2.57 bits per heavy atom. The highest BCUT2D eigenvalue weighted by molar-refractivity contribution is 7.89. The van der Waals surface area contributed by atoms with E-state index in [0.717, 1.165) is 18.9 Å². The van der Waals surface area contributed by atoms with Gasteiger partial charge in [0.15, 0.2) is 6.10 Å². The predicted molar refractivity (Wildman–Crippen MR) is 83.7 cm³/mol. The van der Waals surface area contributed by atoms with Crippen LogP contribution >= 0.6 is 11.6 Å². The number of benzene rings is 1. The predicted octanol–water partition coefficient (Wildman–Crippen LogP) is 1.07. The maximum atomic E-state index is 12.1. The van der Waals surface area contributed by atoms with Crippen LogP contribution in [0.5, 0.6) is 0 Å². The number of ether oxygens (including phenoxy) is 1. The first-order chi connectivity index (χ1) is 10.7. The second kappa shape index (κ2) is 6.86. The summed E-state index contributed by atoms with van der Waals surface area (Å²) in [5.41, 5.74) is -0.117. The number of hydrogen-bond donors (Lipinski definition) is 2. The zero-order chi connectivity index (χ0) is 17.2. The first-order valence-corrected chi connectivity index (χ1v) is 8.85. The van der Waals surface area contributed by atoms with Crippen LogP contribution in [-0.2, 0) is 19.6 Å². The number of carbonyl (C=O) groups excluding carboxylic acids is 2. The molecule has 0 unspecified atom stereocenters. The van der Waals surface area contributed by atoms with Gasteiger partial charge in [0.25, 0.3) is 5.91 Å². The number of esters is 1. The summed E-state index contributed by atoms with van der Waals surface area (Å²) in [4.78, 5) is 23.8. The zero-order valence-electron chi connectivity index (χ0n) is 12.6. The van der Waals surface area contributed by atoms with Gasteiger partial charge in [-0.15, -0.1) is 0 Å². The second-order valence-electron chi connectivity index (χ2n) is 5.18. The summed E-state index contributed by atoms with van der Waals surface area (Å²) >= 11 is 5.93. The number of nitrogens with one attached hydrogen (secondary N) is 2. The molecule has 0 aliphatic heterocycles. The Hall–Kier alpha value is -1.64. The fourth-order valence-corrected chi connectivity index (χ4v) is 2.72. The van der Waals surface area contributed by atoms with Gasteiger partial charge in [-0.1, -0.05) is 11.6 Å². The number of carbonyl (C=O) groups is 2. The second-order valence-corrected chi connectivity index (χ2v) is 7.47. The van der Waals surface area contributed by atoms with Crippen molar-refractivity contribution in [2.45, 2.75) is 36.8 Å². The van der Waals surface area contributed by atoms with Crippen LogP contribution < -0.4 is 10.0 Å². The van der Waals surface area contributed by atoms with Gasteiger partial charge >= 0.3 is 5.97 Å². The molecule has 0 radical (unpaired) electrons. The van der Waals surface area contributed by atoms with Crippen LogP contribution in [0.25, 0.3) is 0 Å². The van der Waals surface area contributed by atoms with Crippen LogP contribution in [0.3, 0.4) is 0 Å². The van der Waals surface area contributed by atoms with Crippen LogP contribution in [0.1, 0.15) is 30.1 Å². The van der Waals surface area contributed by atoms with Gasteiger partial charge in [0.05, 0.1) is 15.5 Å². The zero-order valence-corrected chi connectivity index (χ0v) is 14.2. The molecule has 23 heavy (non-hydrogen) atoms. The smallest absolute Gasteiger partial charge is 0.340 e. The van der Waals surface area contributed by atoms with Crippen molar-refractivity contribution in [3.8, 4) is 0 Å². The van der Waals surface area contributed by atoms with Crippen molar-refractivity contribution < 1.29 is 22.7 Å². The average molecular weight is 361 g/mol. The van der Waals surface area contributed by atoms with Crippen LogP contribution in [0, 0.1) is 0 Å². The monoisotopic (exact) mass is 360 g/mol. The van der Waals surface area contributed by atoms with E-state index in [1.807, 2.05) is 0 Å². The number of hydrogen-bond acceptors (Lipinski definition) is 5. The summed E-state index contributed by atoms with van der Waals surface area (Å²) in [5.74, 6) is -1.25. The maximum Gasteiger partial charge on any atom is 0.340 e. The Bertz CT molecular complexity index is 731. The van der Waals surface area contributed by atoms with Crippen molar-refractivity contribution in [3.05, 3.63) is 28.8 Å². The Kier molecular flexibility index (Phi) is 5.28. The van der Waals surface area contributed by atoms with E-state index in [1.54, 1.807) is 0 Å². The molecule has 1 fully saturated rings. The topological polar surface area (TPSA) is 102 Å². The molecule has 9 heteroatoms. The molecule has 2 rings (SSSR count). The van der Waals surface area contributed by atoms with Gasteiger partial charge in [-0.2, -0.15) is 0 Å². The minimum atomic E-state index is -3.72. The molecule has 1 saturated carbocycles. The Balaban J connectivity index is 2.14. The summed E-state index contributed by atoms with van der Waals surface area (Å²) in [6.45, 7) is 1.44. The molecule has 1 aromatic rings. The molecule has 0 aromatic heterocycles. The minimum absolute atomic E-state index is 0.0415. The third-order valence-electron chi connectivity index (χ3n) is 3.31.